The van der Waals surface area contributed by atoms with Gasteiger partial charge in [0.1, 0.15) is 4.88 Å². The Morgan fingerprint density at radius 1 is 1.06 bits per heavy atom. The SMILES string of the molecule is COC(=O)c1sccc1NC(=O)CN1CCc2cc(OC)c(OC)cc2C1c1ccccc1. The van der Waals surface area contributed by atoms with Crippen LogP contribution in [0.25, 0.3) is 0 Å². The van der Waals surface area contributed by atoms with Crippen molar-refractivity contribution >= 4 is 28.9 Å². The first-order valence-electron chi connectivity index (χ1n) is 10.5. The van der Waals surface area contributed by atoms with E-state index in [0.29, 0.717) is 28.6 Å². The zero-order valence-corrected chi connectivity index (χ0v) is 19.6. The van der Waals surface area contributed by atoms with E-state index in [9.17, 15) is 9.59 Å². The monoisotopic (exact) mass is 466 g/mol. The van der Waals surface area contributed by atoms with E-state index in [1.165, 1.54) is 24.0 Å². The maximum Gasteiger partial charge on any atom is 0.350 e. The topological polar surface area (TPSA) is 77.1 Å². The largest absolute Gasteiger partial charge is 0.493 e. The summed E-state index contributed by atoms with van der Waals surface area (Å²) in [6.07, 6.45) is 0.776. The van der Waals surface area contributed by atoms with Crippen LogP contribution in [0.3, 0.4) is 0 Å². The van der Waals surface area contributed by atoms with Crippen LogP contribution in [0.1, 0.15) is 32.4 Å². The van der Waals surface area contributed by atoms with Crippen LogP contribution in [0, 0.1) is 0 Å². The van der Waals surface area contributed by atoms with Gasteiger partial charge in [0, 0.05) is 6.54 Å². The van der Waals surface area contributed by atoms with E-state index < -0.39 is 5.97 Å². The lowest BCUT2D eigenvalue weighted by Gasteiger charge is -2.37. The number of rotatable bonds is 7. The number of fused-ring (bicyclic) bond motifs is 1. The van der Waals surface area contributed by atoms with Crippen molar-refractivity contribution in [2.45, 2.75) is 12.5 Å². The molecule has 0 saturated carbocycles. The summed E-state index contributed by atoms with van der Waals surface area (Å²) in [6, 6.07) is 15.7. The minimum Gasteiger partial charge on any atom is -0.493 e. The van der Waals surface area contributed by atoms with E-state index in [-0.39, 0.29) is 18.5 Å². The van der Waals surface area contributed by atoms with Crippen molar-refractivity contribution in [2.24, 2.45) is 0 Å². The lowest BCUT2D eigenvalue weighted by atomic mass is 9.87. The average molecular weight is 467 g/mol. The summed E-state index contributed by atoms with van der Waals surface area (Å²) in [5, 5.41) is 4.63. The number of anilines is 1. The van der Waals surface area contributed by atoms with Crippen LogP contribution in [-0.2, 0) is 16.0 Å². The smallest absolute Gasteiger partial charge is 0.350 e. The van der Waals surface area contributed by atoms with Crippen LogP contribution < -0.4 is 14.8 Å². The van der Waals surface area contributed by atoms with Crippen molar-refractivity contribution in [1.82, 2.24) is 4.90 Å². The molecule has 33 heavy (non-hydrogen) atoms. The van der Waals surface area contributed by atoms with Gasteiger partial charge in [0.05, 0.1) is 39.6 Å². The predicted molar refractivity (Wildman–Crippen MR) is 127 cm³/mol. The number of nitrogens with one attached hydrogen (secondary N) is 1. The highest BCUT2D eigenvalue weighted by Crippen LogP contribution is 2.40. The molecule has 1 atom stereocenters. The number of nitrogens with zero attached hydrogens (tertiary/aromatic N) is 1. The van der Waals surface area contributed by atoms with E-state index >= 15 is 0 Å². The molecule has 0 radical (unpaired) electrons. The Bertz CT molecular complexity index is 1140. The van der Waals surface area contributed by atoms with Crippen molar-refractivity contribution in [3.05, 3.63) is 75.5 Å². The minimum atomic E-state index is -0.463. The van der Waals surface area contributed by atoms with Gasteiger partial charge < -0.3 is 19.5 Å². The summed E-state index contributed by atoms with van der Waals surface area (Å²) in [5.74, 6) is 0.699. The van der Waals surface area contributed by atoms with Gasteiger partial charge in [-0.05, 0) is 46.7 Å². The van der Waals surface area contributed by atoms with Crippen molar-refractivity contribution in [2.75, 3.05) is 39.7 Å². The summed E-state index contributed by atoms with van der Waals surface area (Å²) >= 11 is 1.24. The summed E-state index contributed by atoms with van der Waals surface area (Å²) in [5.41, 5.74) is 3.81. The molecular weight excluding hydrogens is 440 g/mol. The third-order valence-electron chi connectivity index (χ3n) is 5.75. The molecule has 0 fully saturated rings. The van der Waals surface area contributed by atoms with Gasteiger partial charge in [-0.2, -0.15) is 0 Å². The molecule has 0 bridgehead atoms. The third-order valence-corrected chi connectivity index (χ3v) is 6.64. The number of amides is 1. The lowest BCUT2D eigenvalue weighted by molar-refractivity contribution is -0.117. The number of hydrogen-bond donors (Lipinski definition) is 1. The molecule has 1 N–H and O–H groups in total. The fraction of sp³-hybridized carbons (Fsp3) is 0.280. The van der Waals surface area contributed by atoms with Gasteiger partial charge in [0.25, 0.3) is 0 Å². The highest BCUT2D eigenvalue weighted by Gasteiger charge is 2.31. The second-order valence-electron chi connectivity index (χ2n) is 7.64. The molecule has 3 aromatic rings. The Hall–Kier alpha value is -3.36. The molecule has 1 aromatic heterocycles. The normalized spacial score (nSPS) is 15.4. The van der Waals surface area contributed by atoms with Gasteiger partial charge in [0.2, 0.25) is 5.91 Å². The standard InChI is InChI=1S/C25H26N2O5S/c1-30-20-13-17-9-11-27(15-22(28)26-19-10-12-33-24(19)25(29)32-3)23(16-7-5-4-6-8-16)18(17)14-21(20)31-2/h4-8,10,12-14,23H,9,11,15H2,1-3H3,(H,26,28). The highest BCUT2D eigenvalue weighted by atomic mass is 32.1. The summed E-state index contributed by atoms with van der Waals surface area (Å²) in [6.45, 7) is 0.868. The average Bonchev–Trinajstić information content (AvgIpc) is 3.30. The maximum atomic E-state index is 13.0. The molecule has 0 aliphatic carbocycles. The molecule has 2 heterocycles. The van der Waals surface area contributed by atoms with Crippen LogP contribution in [0.15, 0.2) is 53.9 Å². The molecule has 172 valence electrons. The molecule has 1 aliphatic rings. The van der Waals surface area contributed by atoms with Crippen molar-refractivity contribution < 1.29 is 23.8 Å². The molecule has 1 aliphatic heterocycles. The first kappa shape index (κ1) is 22.8. The van der Waals surface area contributed by atoms with Crippen LogP contribution in [0.5, 0.6) is 11.5 Å². The number of hydrogen-bond acceptors (Lipinski definition) is 7. The second kappa shape index (κ2) is 10.1. The molecule has 7 nitrogen and oxygen atoms in total. The first-order valence-corrected chi connectivity index (χ1v) is 11.4. The van der Waals surface area contributed by atoms with Crippen LogP contribution in [0.4, 0.5) is 5.69 Å². The second-order valence-corrected chi connectivity index (χ2v) is 8.56. The van der Waals surface area contributed by atoms with E-state index in [0.717, 1.165) is 17.5 Å². The van der Waals surface area contributed by atoms with Crippen molar-refractivity contribution in [3.63, 3.8) is 0 Å². The molecule has 4 rings (SSSR count). The zero-order chi connectivity index (χ0) is 23.4. The van der Waals surface area contributed by atoms with Crippen molar-refractivity contribution in [1.29, 1.82) is 0 Å². The maximum absolute atomic E-state index is 13.0. The molecule has 1 unspecified atom stereocenters. The predicted octanol–water partition coefficient (Wildman–Crippen LogP) is 4.14. The van der Waals surface area contributed by atoms with Crippen LogP contribution in [-0.4, -0.2) is 51.2 Å². The van der Waals surface area contributed by atoms with Crippen LogP contribution >= 0.6 is 11.3 Å². The Morgan fingerprint density at radius 3 is 2.48 bits per heavy atom. The molecular formula is C25H26N2O5S. The van der Waals surface area contributed by atoms with Gasteiger partial charge in [-0.15, -0.1) is 11.3 Å². The number of methoxy groups -OCH3 is 3. The number of thiophene rings is 1. The zero-order valence-electron chi connectivity index (χ0n) is 18.8. The number of carbonyl (C=O) groups excluding carboxylic acids is 2. The van der Waals surface area contributed by atoms with Crippen LogP contribution in [0.2, 0.25) is 0 Å². The fourth-order valence-electron chi connectivity index (χ4n) is 4.23. The third kappa shape index (κ3) is 4.72. The number of esters is 1. The van der Waals surface area contributed by atoms with Gasteiger partial charge in [-0.1, -0.05) is 30.3 Å². The van der Waals surface area contributed by atoms with Gasteiger partial charge in [-0.3, -0.25) is 9.69 Å². The fourth-order valence-corrected chi connectivity index (χ4v) is 4.99. The Morgan fingerprint density at radius 2 is 1.79 bits per heavy atom. The van der Waals surface area contributed by atoms with Gasteiger partial charge in [-0.25, -0.2) is 4.79 Å². The highest BCUT2D eigenvalue weighted by molar-refractivity contribution is 7.12. The van der Waals surface area contributed by atoms with Gasteiger partial charge in [0.15, 0.2) is 11.5 Å². The quantitative estimate of drug-likeness (QED) is 0.528. The molecule has 0 spiro atoms. The summed E-state index contributed by atoms with van der Waals surface area (Å²) < 4.78 is 15.9. The Labute approximate surface area is 196 Å². The molecule has 1 amide bonds. The Kier molecular flexibility index (Phi) is 6.96. The van der Waals surface area contributed by atoms with Gasteiger partial charge >= 0.3 is 5.97 Å². The number of carbonyl (C=O) groups is 2. The molecule has 0 saturated heterocycles. The number of ether oxygens (including phenoxy) is 3. The first-order chi connectivity index (χ1) is 16.0. The minimum absolute atomic E-state index is 0.122. The van der Waals surface area contributed by atoms with E-state index in [2.05, 4.69) is 22.3 Å². The summed E-state index contributed by atoms with van der Waals surface area (Å²) in [7, 11) is 4.58. The van der Waals surface area contributed by atoms with E-state index in [1.54, 1.807) is 25.7 Å². The number of benzene rings is 2. The summed E-state index contributed by atoms with van der Waals surface area (Å²) in [4.78, 5) is 27.5. The lowest BCUT2D eigenvalue weighted by Crippen LogP contribution is -2.41. The Balaban J connectivity index is 1.64. The van der Waals surface area contributed by atoms with E-state index in [1.807, 2.05) is 30.3 Å². The molecule has 8 heteroatoms. The van der Waals surface area contributed by atoms with E-state index in [4.69, 9.17) is 14.2 Å². The van der Waals surface area contributed by atoms with Crippen molar-refractivity contribution in [3.8, 4) is 11.5 Å². The molecule has 2 aromatic carbocycles.